The first-order chi connectivity index (χ1) is 8.06. The highest BCUT2D eigenvalue weighted by Gasteiger charge is 2.14. The van der Waals surface area contributed by atoms with Crippen LogP contribution in [0.3, 0.4) is 0 Å². The van der Waals surface area contributed by atoms with Crippen molar-refractivity contribution < 1.29 is 14.7 Å². The average Bonchev–Trinajstić information content (AvgIpc) is 2.76. The van der Waals surface area contributed by atoms with Crippen molar-refractivity contribution in [2.24, 2.45) is 5.92 Å². The van der Waals surface area contributed by atoms with Crippen LogP contribution in [0.1, 0.15) is 35.5 Å². The van der Waals surface area contributed by atoms with Gasteiger partial charge in [-0.05, 0) is 29.9 Å². The summed E-state index contributed by atoms with van der Waals surface area (Å²) < 4.78 is 0. The standard InChI is InChI=1S/C12H17NO3S/c1-3-9-5-7-17-10(9)11(14)13-6-4-8(2)12(15)16/h5,7-8H,3-4,6H2,1-2H3,(H,13,14)(H,15,16). The summed E-state index contributed by atoms with van der Waals surface area (Å²) in [6.45, 7) is 4.04. The summed E-state index contributed by atoms with van der Waals surface area (Å²) in [5.41, 5.74) is 1.04. The van der Waals surface area contributed by atoms with Gasteiger partial charge in [0.15, 0.2) is 0 Å². The molecule has 0 saturated carbocycles. The van der Waals surface area contributed by atoms with Gasteiger partial charge in [-0.2, -0.15) is 0 Å². The van der Waals surface area contributed by atoms with Gasteiger partial charge in [-0.3, -0.25) is 9.59 Å². The van der Waals surface area contributed by atoms with Crippen LogP contribution in [0, 0.1) is 5.92 Å². The molecular weight excluding hydrogens is 238 g/mol. The molecule has 0 bridgehead atoms. The quantitative estimate of drug-likeness (QED) is 0.818. The third kappa shape index (κ3) is 3.85. The normalized spacial score (nSPS) is 12.1. The smallest absolute Gasteiger partial charge is 0.306 e. The number of thiophene rings is 1. The van der Waals surface area contributed by atoms with E-state index in [-0.39, 0.29) is 5.91 Å². The number of amides is 1. The Hall–Kier alpha value is -1.36. The maximum absolute atomic E-state index is 11.8. The summed E-state index contributed by atoms with van der Waals surface area (Å²) in [6.07, 6.45) is 1.28. The number of hydrogen-bond donors (Lipinski definition) is 2. The highest BCUT2D eigenvalue weighted by atomic mass is 32.1. The molecular formula is C12H17NO3S. The lowest BCUT2D eigenvalue weighted by Gasteiger charge is -2.07. The predicted molar refractivity (Wildman–Crippen MR) is 67.4 cm³/mol. The lowest BCUT2D eigenvalue weighted by molar-refractivity contribution is -0.141. The fourth-order valence-corrected chi connectivity index (χ4v) is 2.33. The molecule has 0 fully saturated rings. The summed E-state index contributed by atoms with van der Waals surface area (Å²) in [7, 11) is 0. The zero-order valence-electron chi connectivity index (χ0n) is 10.0. The van der Waals surface area contributed by atoms with Crippen LogP contribution >= 0.6 is 11.3 Å². The summed E-state index contributed by atoms with van der Waals surface area (Å²) >= 11 is 1.42. The molecule has 0 aliphatic heterocycles. The largest absolute Gasteiger partial charge is 0.481 e. The lowest BCUT2D eigenvalue weighted by atomic mass is 10.1. The molecule has 5 heteroatoms. The number of aliphatic carboxylic acids is 1. The summed E-state index contributed by atoms with van der Waals surface area (Å²) in [5, 5.41) is 13.4. The molecule has 1 aromatic heterocycles. The molecule has 1 rings (SSSR count). The maximum atomic E-state index is 11.8. The molecule has 94 valence electrons. The van der Waals surface area contributed by atoms with Crippen LogP contribution in [0.25, 0.3) is 0 Å². The number of aryl methyl sites for hydroxylation is 1. The van der Waals surface area contributed by atoms with Crippen LogP contribution in [-0.4, -0.2) is 23.5 Å². The van der Waals surface area contributed by atoms with Crippen molar-refractivity contribution in [2.75, 3.05) is 6.54 Å². The zero-order chi connectivity index (χ0) is 12.8. The second-order valence-electron chi connectivity index (χ2n) is 3.91. The average molecular weight is 255 g/mol. The minimum atomic E-state index is -0.829. The van der Waals surface area contributed by atoms with Crippen LogP contribution < -0.4 is 5.32 Å². The molecule has 0 spiro atoms. The predicted octanol–water partition coefficient (Wildman–Crippen LogP) is 2.15. The number of hydrogen-bond acceptors (Lipinski definition) is 3. The molecule has 1 atom stereocenters. The SMILES string of the molecule is CCc1ccsc1C(=O)NCCC(C)C(=O)O. The first-order valence-electron chi connectivity index (χ1n) is 5.63. The summed E-state index contributed by atoms with van der Waals surface area (Å²) in [6, 6.07) is 1.94. The van der Waals surface area contributed by atoms with Gasteiger partial charge in [0, 0.05) is 6.54 Å². The topological polar surface area (TPSA) is 66.4 Å². The van der Waals surface area contributed by atoms with E-state index in [9.17, 15) is 9.59 Å². The minimum Gasteiger partial charge on any atom is -0.481 e. The fourth-order valence-electron chi connectivity index (χ4n) is 1.42. The molecule has 2 N–H and O–H groups in total. The van der Waals surface area contributed by atoms with Crippen LogP contribution in [0.4, 0.5) is 0 Å². The Kier molecular flexibility index (Phi) is 5.15. The van der Waals surface area contributed by atoms with Gasteiger partial charge >= 0.3 is 5.97 Å². The fraction of sp³-hybridized carbons (Fsp3) is 0.500. The van der Waals surface area contributed by atoms with Crippen molar-refractivity contribution in [1.82, 2.24) is 5.32 Å². The Bertz CT molecular complexity index is 400. The Morgan fingerprint density at radius 2 is 2.24 bits per heavy atom. The number of rotatable bonds is 6. The molecule has 4 nitrogen and oxygen atoms in total. The Morgan fingerprint density at radius 3 is 2.82 bits per heavy atom. The van der Waals surface area contributed by atoms with E-state index in [1.54, 1.807) is 6.92 Å². The van der Waals surface area contributed by atoms with Gasteiger partial charge in [-0.15, -0.1) is 11.3 Å². The van der Waals surface area contributed by atoms with E-state index in [1.165, 1.54) is 11.3 Å². The number of carboxylic acids is 1. The van der Waals surface area contributed by atoms with Gasteiger partial charge in [0.1, 0.15) is 0 Å². The van der Waals surface area contributed by atoms with Crippen molar-refractivity contribution in [2.45, 2.75) is 26.7 Å². The molecule has 1 amide bonds. The summed E-state index contributed by atoms with van der Waals surface area (Å²) in [4.78, 5) is 23.1. The van der Waals surface area contributed by atoms with E-state index in [0.717, 1.165) is 16.9 Å². The van der Waals surface area contributed by atoms with Crippen molar-refractivity contribution in [3.63, 3.8) is 0 Å². The molecule has 1 unspecified atom stereocenters. The van der Waals surface area contributed by atoms with Gasteiger partial charge in [-0.1, -0.05) is 13.8 Å². The van der Waals surface area contributed by atoms with Gasteiger partial charge in [0.2, 0.25) is 0 Å². The summed E-state index contributed by atoms with van der Waals surface area (Å²) in [5.74, 6) is -1.36. The molecule has 0 aromatic carbocycles. The molecule has 17 heavy (non-hydrogen) atoms. The number of nitrogens with one attached hydrogen (secondary N) is 1. The van der Waals surface area contributed by atoms with Gasteiger partial charge in [0.05, 0.1) is 10.8 Å². The lowest BCUT2D eigenvalue weighted by Crippen LogP contribution is -2.27. The highest BCUT2D eigenvalue weighted by Crippen LogP contribution is 2.17. The van der Waals surface area contributed by atoms with Crippen molar-refractivity contribution in [3.8, 4) is 0 Å². The van der Waals surface area contributed by atoms with E-state index in [0.29, 0.717) is 13.0 Å². The third-order valence-electron chi connectivity index (χ3n) is 2.62. The van der Waals surface area contributed by atoms with Crippen LogP contribution in [0.5, 0.6) is 0 Å². The highest BCUT2D eigenvalue weighted by molar-refractivity contribution is 7.12. The van der Waals surface area contributed by atoms with Gasteiger partial charge in [-0.25, -0.2) is 0 Å². The van der Waals surface area contributed by atoms with Crippen LogP contribution in [0.15, 0.2) is 11.4 Å². The van der Waals surface area contributed by atoms with E-state index in [4.69, 9.17) is 5.11 Å². The van der Waals surface area contributed by atoms with E-state index in [2.05, 4.69) is 5.32 Å². The first kappa shape index (κ1) is 13.7. The molecule has 0 aliphatic rings. The van der Waals surface area contributed by atoms with Gasteiger partial charge in [0.25, 0.3) is 5.91 Å². The molecule has 0 aliphatic carbocycles. The Morgan fingerprint density at radius 1 is 1.53 bits per heavy atom. The van der Waals surface area contributed by atoms with E-state index in [1.807, 2.05) is 18.4 Å². The van der Waals surface area contributed by atoms with Crippen molar-refractivity contribution >= 4 is 23.2 Å². The monoisotopic (exact) mass is 255 g/mol. The maximum Gasteiger partial charge on any atom is 0.306 e. The molecule has 1 heterocycles. The van der Waals surface area contributed by atoms with Crippen molar-refractivity contribution in [3.05, 3.63) is 21.9 Å². The van der Waals surface area contributed by atoms with Crippen LogP contribution in [0.2, 0.25) is 0 Å². The molecule has 0 radical (unpaired) electrons. The third-order valence-corrected chi connectivity index (χ3v) is 3.57. The van der Waals surface area contributed by atoms with Crippen molar-refractivity contribution in [1.29, 1.82) is 0 Å². The second kappa shape index (κ2) is 6.39. The first-order valence-corrected chi connectivity index (χ1v) is 6.51. The second-order valence-corrected chi connectivity index (χ2v) is 4.83. The zero-order valence-corrected chi connectivity index (χ0v) is 10.8. The van der Waals surface area contributed by atoms with E-state index >= 15 is 0 Å². The molecule has 1 aromatic rings. The Labute approximate surface area is 105 Å². The molecule has 0 saturated heterocycles. The number of carbonyl (C=O) groups excluding carboxylic acids is 1. The van der Waals surface area contributed by atoms with E-state index < -0.39 is 11.9 Å². The Balaban J connectivity index is 2.43. The van der Waals surface area contributed by atoms with Crippen LogP contribution in [-0.2, 0) is 11.2 Å². The van der Waals surface area contributed by atoms with Gasteiger partial charge < -0.3 is 10.4 Å². The number of carboxylic acid groups (broad SMARTS) is 1. The number of carbonyl (C=O) groups is 2. The minimum absolute atomic E-state index is 0.102.